The van der Waals surface area contributed by atoms with Gasteiger partial charge in [0.15, 0.2) is 5.96 Å². The van der Waals surface area contributed by atoms with Gasteiger partial charge in [-0.25, -0.2) is 0 Å². The van der Waals surface area contributed by atoms with Gasteiger partial charge in [-0.15, -0.1) is 11.3 Å². The number of rotatable bonds is 11. The van der Waals surface area contributed by atoms with Crippen LogP contribution in [0.5, 0.6) is 0 Å². The summed E-state index contributed by atoms with van der Waals surface area (Å²) in [4.78, 5) is 5.46. The number of aliphatic imine (C=N–C) groups is 1. The molecule has 2 N–H and O–H groups in total. The highest BCUT2D eigenvalue weighted by Crippen LogP contribution is 2.06. The van der Waals surface area contributed by atoms with Gasteiger partial charge in [-0.2, -0.15) is 0 Å². The Balaban J connectivity index is 1.95. The molecule has 0 bridgehead atoms. The fourth-order valence-corrected chi connectivity index (χ4v) is 2.26. The first-order chi connectivity index (χ1) is 10.4. The van der Waals surface area contributed by atoms with Crippen LogP contribution < -0.4 is 10.6 Å². The summed E-state index contributed by atoms with van der Waals surface area (Å²) in [5, 5.41) is 8.56. The molecule has 0 radical (unpaired) electrons. The molecule has 0 amide bonds. The molecule has 6 heteroatoms. The molecule has 1 aromatic rings. The Labute approximate surface area is 131 Å². The zero-order chi connectivity index (χ0) is 15.2. The second-order valence-electron chi connectivity index (χ2n) is 4.51. The van der Waals surface area contributed by atoms with Crippen molar-refractivity contribution in [1.82, 2.24) is 10.6 Å². The molecule has 0 spiro atoms. The minimum Gasteiger partial charge on any atom is -0.379 e. The highest BCUT2D eigenvalue weighted by atomic mass is 32.1. The van der Waals surface area contributed by atoms with E-state index in [-0.39, 0.29) is 0 Å². The van der Waals surface area contributed by atoms with Gasteiger partial charge in [0.25, 0.3) is 0 Å². The predicted molar refractivity (Wildman–Crippen MR) is 89.1 cm³/mol. The van der Waals surface area contributed by atoms with Crippen LogP contribution in [-0.4, -0.2) is 46.0 Å². The Morgan fingerprint density at radius 2 is 2.00 bits per heavy atom. The third-order valence-electron chi connectivity index (χ3n) is 2.79. The lowest BCUT2D eigenvalue weighted by atomic mass is 10.4. The lowest BCUT2D eigenvalue weighted by Gasteiger charge is -2.11. The van der Waals surface area contributed by atoms with E-state index in [9.17, 15) is 0 Å². The van der Waals surface area contributed by atoms with Gasteiger partial charge >= 0.3 is 0 Å². The summed E-state index contributed by atoms with van der Waals surface area (Å²) in [6.45, 7) is 6.49. The van der Waals surface area contributed by atoms with Crippen molar-refractivity contribution in [2.24, 2.45) is 4.99 Å². The van der Waals surface area contributed by atoms with Gasteiger partial charge in [0.1, 0.15) is 0 Å². The molecular formula is C15H27N3O2S. The van der Waals surface area contributed by atoms with E-state index in [1.807, 2.05) is 6.07 Å². The van der Waals surface area contributed by atoms with E-state index in [1.54, 1.807) is 18.4 Å². The highest BCUT2D eigenvalue weighted by Gasteiger charge is 1.98. The van der Waals surface area contributed by atoms with Crippen LogP contribution in [0.1, 0.15) is 24.6 Å². The molecule has 0 atom stereocenters. The molecule has 0 aliphatic heterocycles. The quantitative estimate of drug-likeness (QED) is 0.374. The van der Waals surface area contributed by atoms with Gasteiger partial charge in [0.2, 0.25) is 0 Å². The average Bonchev–Trinajstić information content (AvgIpc) is 3.02. The highest BCUT2D eigenvalue weighted by molar-refractivity contribution is 7.09. The fraction of sp³-hybridized carbons (Fsp3) is 0.667. The fourth-order valence-electron chi connectivity index (χ4n) is 1.61. The summed E-state index contributed by atoms with van der Waals surface area (Å²) >= 11 is 1.73. The summed E-state index contributed by atoms with van der Waals surface area (Å²) in [7, 11) is 1.77. The Bertz CT molecular complexity index is 369. The Hall–Kier alpha value is -1.11. The Morgan fingerprint density at radius 1 is 1.19 bits per heavy atom. The molecule has 0 saturated heterocycles. The largest absolute Gasteiger partial charge is 0.379 e. The number of nitrogens with one attached hydrogen (secondary N) is 2. The SMILES string of the molecule is CCCCOCCOCCNC(=NC)NCc1cccs1. The van der Waals surface area contributed by atoms with Crippen LogP contribution in [0.25, 0.3) is 0 Å². The first-order valence-electron chi connectivity index (χ1n) is 7.49. The number of nitrogens with zero attached hydrogens (tertiary/aromatic N) is 1. The minimum atomic E-state index is 0.645. The van der Waals surface area contributed by atoms with Crippen molar-refractivity contribution in [1.29, 1.82) is 0 Å². The summed E-state index contributed by atoms with van der Waals surface area (Å²) in [5.41, 5.74) is 0. The van der Waals surface area contributed by atoms with E-state index in [2.05, 4.69) is 34.0 Å². The van der Waals surface area contributed by atoms with Crippen LogP contribution in [-0.2, 0) is 16.0 Å². The van der Waals surface area contributed by atoms with Crippen LogP contribution in [0.15, 0.2) is 22.5 Å². The molecule has 0 saturated carbocycles. The smallest absolute Gasteiger partial charge is 0.191 e. The summed E-state index contributed by atoms with van der Waals surface area (Å²) < 4.78 is 10.9. The van der Waals surface area contributed by atoms with Gasteiger partial charge in [0, 0.05) is 25.1 Å². The topological polar surface area (TPSA) is 54.9 Å². The van der Waals surface area contributed by atoms with Gasteiger partial charge in [-0.1, -0.05) is 19.4 Å². The van der Waals surface area contributed by atoms with Crippen molar-refractivity contribution in [3.05, 3.63) is 22.4 Å². The normalized spacial score (nSPS) is 11.6. The van der Waals surface area contributed by atoms with E-state index in [4.69, 9.17) is 9.47 Å². The number of unbranched alkanes of at least 4 members (excludes halogenated alkanes) is 1. The average molecular weight is 313 g/mol. The molecule has 0 fully saturated rings. The van der Waals surface area contributed by atoms with Crippen LogP contribution in [0.4, 0.5) is 0 Å². The van der Waals surface area contributed by atoms with Gasteiger partial charge in [-0.05, 0) is 17.9 Å². The zero-order valence-corrected chi connectivity index (χ0v) is 13.9. The van der Waals surface area contributed by atoms with E-state index >= 15 is 0 Å². The standard InChI is InChI=1S/C15H27N3O2S/c1-3-4-8-19-10-11-20-9-7-17-15(16-2)18-13-14-6-5-12-21-14/h5-6,12H,3-4,7-11,13H2,1-2H3,(H2,16,17,18). The molecule has 1 rings (SSSR count). The number of hydrogen-bond donors (Lipinski definition) is 2. The molecule has 0 aliphatic carbocycles. The van der Waals surface area contributed by atoms with Crippen LogP contribution in [0.2, 0.25) is 0 Å². The molecule has 120 valence electrons. The van der Waals surface area contributed by atoms with Crippen molar-refractivity contribution in [2.45, 2.75) is 26.3 Å². The lowest BCUT2D eigenvalue weighted by molar-refractivity contribution is 0.0487. The first kappa shape index (κ1) is 17.9. The van der Waals surface area contributed by atoms with Gasteiger partial charge in [0.05, 0.1) is 26.4 Å². The maximum atomic E-state index is 5.49. The molecule has 0 aliphatic rings. The third-order valence-corrected chi connectivity index (χ3v) is 3.66. The Morgan fingerprint density at radius 3 is 2.67 bits per heavy atom. The first-order valence-corrected chi connectivity index (χ1v) is 8.37. The van der Waals surface area contributed by atoms with Crippen molar-refractivity contribution in [3.63, 3.8) is 0 Å². The molecule has 1 heterocycles. The zero-order valence-electron chi connectivity index (χ0n) is 13.1. The third kappa shape index (κ3) is 9.44. The van der Waals surface area contributed by atoms with Gasteiger partial charge in [-0.3, -0.25) is 4.99 Å². The second-order valence-corrected chi connectivity index (χ2v) is 5.54. The number of hydrogen-bond acceptors (Lipinski definition) is 4. The maximum Gasteiger partial charge on any atom is 0.191 e. The minimum absolute atomic E-state index is 0.645. The molecule has 0 aromatic carbocycles. The van der Waals surface area contributed by atoms with E-state index in [0.717, 1.165) is 32.1 Å². The van der Waals surface area contributed by atoms with Crippen molar-refractivity contribution in [3.8, 4) is 0 Å². The van der Waals surface area contributed by atoms with Crippen LogP contribution >= 0.6 is 11.3 Å². The van der Waals surface area contributed by atoms with E-state index in [0.29, 0.717) is 19.8 Å². The van der Waals surface area contributed by atoms with Crippen LogP contribution in [0.3, 0.4) is 0 Å². The number of ether oxygens (including phenoxy) is 2. The van der Waals surface area contributed by atoms with Crippen LogP contribution in [0, 0.1) is 0 Å². The predicted octanol–water partition coefficient (Wildman–Crippen LogP) is 2.25. The van der Waals surface area contributed by atoms with E-state index in [1.165, 1.54) is 11.3 Å². The number of thiophene rings is 1. The van der Waals surface area contributed by atoms with Crippen molar-refractivity contribution in [2.75, 3.05) is 40.0 Å². The van der Waals surface area contributed by atoms with Crippen molar-refractivity contribution < 1.29 is 9.47 Å². The summed E-state index contributed by atoms with van der Waals surface area (Å²) in [5.74, 6) is 0.797. The molecule has 21 heavy (non-hydrogen) atoms. The van der Waals surface area contributed by atoms with E-state index < -0.39 is 0 Å². The summed E-state index contributed by atoms with van der Waals surface area (Å²) in [6, 6.07) is 4.15. The maximum absolute atomic E-state index is 5.49. The second kappa shape index (κ2) is 12.6. The van der Waals surface area contributed by atoms with Crippen molar-refractivity contribution >= 4 is 17.3 Å². The van der Waals surface area contributed by atoms with Gasteiger partial charge < -0.3 is 20.1 Å². The molecular weight excluding hydrogens is 286 g/mol. The lowest BCUT2D eigenvalue weighted by Crippen LogP contribution is -2.38. The monoisotopic (exact) mass is 313 g/mol. The molecule has 5 nitrogen and oxygen atoms in total. The molecule has 1 aromatic heterocycles. The Kier molecular flexibility index (Phi) is 10.8. The number of guanidine groups is 1. The summed E-state index contributed by atoms with van der Waals surface area (Å²) in [6.07, 6.45) is 2.29. The molecule has 0 unspecified atom stereocenters.